The Balaban J connectivity index is 2.42. The summed E-state index contributed by atoms with van der Waals surface area (Å²) in [4.78, 5) is 0. The Hall–Kier alpha value is -0.950. The molecule has 1 atom stereocenters. The highest BCUT2D eigenvalue weighted by Gasteiger charge is 2.55. The highest BCUT2D eigenvalue weighted by Crippen LogP contribution is 2.46. The maximum absolute atomic E-state index is 13.8. The molecule has 1 aromatic carbocycles. The minimum absolute atomic E-state index is 0.369. The van der Waals surface area contributed by atoms with Crippen molar-refractivity contribution in [2.24, 2.45) is 0 Å². The van der Waals surface area contributed by atoms with Gasteiger partial charge in [0.1, 0.15) is 11.6 Å². The maximum atomic E-state index is 13.8. The van der Waals surface area contributed by atoms with Crippen molar-refractivity contribution in [2.75, 3.05) is 18.6 Å². The highest BCUT2D eigenvalue weighted by molar-refractivity contribution is 7.98. The second-order valence-corrected chi connectivity index (χ2v) is 7.43. The van der Waals surface area contributed by atoms with E-state index in [0.29, 0.717) is 29.9 Å². The summed E-state index contributed by atoms with van der Waals surface area (Å²) in [5.41, 5.74) is -2.91. The Kier molecular flexibility index (Phi) is 4.93. The normalized spacial score (nSPS) is 17.6. The standard InChI is InChI=1S/C16H20F4O2S/c1-14(2,8-15(21,9-23-3)16(18,19)20)12-7-11(17)6-10-4-5-22-13(10)12/h6-7,21H,4-5,8-9H2,1-3H3. The second-order valence-electron chi connectivity index (χ2n) is 6.56. The van der Waals surface area contributed by atoms with Gasteiger partial charge < -0.3 is 9.84 Å². The number of thioether (sulfide) groups is 1. The molecule has 0 saturated heterocycles. The molecule has 0 spiro atoms. The number of fused-ring (bicyclic) bond motifs is 1. The average Bonchev–Trinajstić information content (AvgIpc) is 2.83. The van der Waals surface area contributed by atoms with E-state index in [-0.39, 0.29) is 0 Å². The number of hydrogen-bond acceptors (Lipinski definition) is 3. The van der Waals surface area contributed by atoms with Crippen molar-refractivity contribution in [3.05, 3.63) is 29.1 Å². The molecule has 0 saturated carbocycles. The van der Waals surface area contributed by atoms with Gasteiger partial charge in [-0.15, -0.1) is 0 Å². The third-order valence-electron chi connectivity index (χ3n) is 4.12. The van der Waals surface area contributed by atoms with Gasteiger partial charge >= 0.3 is 6.18 Å². The van der Waals surface area contributed by atoms with Crippen LogP contribution in [0.4, 0.5) is 17.6 Å². The first-order valence-corrected chi connectivity index (χ1v) is 8.63. The summed E-state index contributed by atoms with van der Waals surface area (Å²) in [6.45, 7) is 3.53. The van der Waals surface area contributed by atoms with Crippen molar-refractivity contribution >= 4 is 11.8 Å². The fraction of sp³-hybridized carbons (Fsp3) is 0.625. The first-order valence-electron chi connectivity index (χ1n) is 7.24. The van der Waals surface area contributed by atoms with Crippen LogP contribution in [0.15, 0.2) is 12.1 Å². The molecule has 1 heterocycles. The van der Waals surface area contributed by atoms with Crippen LogP contribution in [-0.2, 0) is 11.8 Å². The molecule has 0 amide bonds. The van der Waals surface area contributed by atoms with Gasteiger partial charge in [-0.05, 0) is 30.2 Å². The Morgan fingerprint density at radius 3 is 2.48 bits per heavy atom. The minimum Gasteiger partial charge on any atom is -0.493 e. The van der Waals surface area contributed by atoms with E-state index >= 15 is 0 Å². The van der Waals surface area contributed by atoms with Crippen molar-refractivity contribution in [1.82, 2.24) is 0 Å². The largest absolute Gasteiger partial charge is 0.493 e. The van der Waals surface area contributed by atoms with Crippen LogP contribution in [0, 0.1) is 5.82 Å². The van der Waals surface area contributed by atoms with Gasteiger partial charge in [0, 0.05) is 23.3 Å². The first kappa shape index (κ1) is 18.4. The van der Waals surface area contributed by atoms with Gasteiger partial charge in [0.05, 0.1) is 6.61 Å². The van der Waals surface area contributed by atoms with Crippen LogP contribution in [-0.4, -0.2) is 35.5 Å². The van der Waals surface area contributed by atoms with Gasteiger partial charge in [-0.1, -0.05) is 13.8 Å². The molecule has 7 heteroatoms. The zero-order chi connectivity index (χ0) is 17.5. The summed E-state index contributed by atoms with van der Waals surface area (Å²) in [5.74, 6) is -0.527. The molecular formula is C16H20F4O2S. The number of alkyl halides is 3. The van der Waals surface area contributed by atoms with Gasteiger partial charge in [0.25, 0.3) is 0 Å². The van der Waals surface area contributed by atoms with Crippen LogP contribution in [0.2, 0.25) is 0 Å². The Bertz CT molecular complexity index is 586. The van der Waals surface area contributed by atoms with E-state index in [1.807, 2.05) is 0 Å². The molecule has 0 fully saturated rings. The summed E-state index contributed by atoms with van der Waals surface area (Å²) in [6, 6.07) is 2.56. The van der Waals surface area contributed by atoms with E-state index < -0.39 is 35.2 Å². The SMILES string of the molecule is CSCC(O)(CC(C)(C)c1cc(F)cc2c1OCC2)C(F)(F)F. The van der Waals surface area contributed by atoms with Crippen LogP contribution >= 0.6 is 11.8 Å². The lowest BCUT2D eigenvalue weighted by Crippen LogP contribution is -2.51. The van der Waals surface area contributed by atoms with Crippen molar-refractivity contribution in [2.45, 2.75) is 43.9 Å². The van der Waals surface area contributed by atoms with Gasteiger partial charge in [-0.2, -0.15) is 24.9 Å². The summed E-state index contributed by atoms with van der Waals surface area (Å²) in [7, 11) is 0. The van der Waals surface area contributed by atoms with E-state index in [1.165, 1.54) is 18.4 Å². The molecule has 2 nitrogen and oxygen atoms in total. The van der Waals surface area contributed by atoms with E-state index in [1.54, 1.807) is 13.8 Å². The molecule has 0 aromatic heterocycles. The van der Waals surface area contributed by atoms with Crippen molar-refractivity contribution in [1.29, 1.82) is 0 Å². The summed E-state index contributed by atoms with van der Waals surface area (Å²) < 4.78 is 59.3. The average molecular weight is 352 g/mol. The molecule has 0 bridgehead atoms. The quantitative estimate of drug-likeness (QED) is 0.810. The van der Waals surface area contributed by atoms with Gasteiger partial charge in [0.15, 0.2) is 5.60 Å². The summed E-state index contributed by atoms with van der Waals surface area (Å²) >= 11 is 0.925. The lowest BCUT2D eigenvalue weighted by Gasteiger charge is -2.38. The molecule has 2 rings (SSSR count). The second kappa shape index (κ2) is 6.16. The molecule has 1 aliphatic heterocycles. The van der Waals surface area contributed by atoms with E-state index in [2.05, 4.69) is 0 Å². The Morgan fingerprint density at radius 1 is 1.26 bits per heavy atom. The lowest BCUT2D eigenvalue weighted by molar-refractivity contribution is -0.256. The number of ether oxygens (including phenoxy) is 1. The summed E-state index contributed by atoms with van der Waals surface area (Å²) in [6.07, 6.45) is -3.29. The topological polar surface area (TPSA) is 29.5 Å². The van der Waals surface area contributed by atoms with E-state index in [9.17, 15) is 22.7 Å². The number of halogens is 4. The monoisotopic (exact) mass is 352 g/mol. The predicted octanol–water partition coefficient (Wildman–Crippen LogP) is 4.08. The number of aliphatic hydroxyl groups is 1. The number of rotatable bonds is 5. The molecule has 0 aliphatic carbocycles. The molecule has 23 heavy (non-hydrogen) atoms. The Labute approximate surface area is 137 Å². The van der Waals surface area contributed by atoms with Crippen molar-refractivity contribution in [3.8, 4) is 5.75 Å². The fourth-order valence-corrected chi connectivity index (χ4v) is 3.81. The predicted molar refractivity (Wildman–Crippen MR) is 82.6 cm³/mol. The van der Waals surface area contributed by atoms with Crippen LogP contribution in [0.3, 0.4) is 0 Å². The van der Waals surface area contributed by atoms with Gasteiger partial charge in [-0.25, -0.2) is 4.39 Å². The fourth-order valence-electron chi connectivity index (χ4n) is 3.07. The molecule has 1 aliphatic rings. The number of benzene rings is 1. The molecule has 1 aromatic rings. The summed E-state index contributed by atoms with van der Waals surface area (Å²) in [5, 5.41) is 10.2. The van der Waals surface area contributed by atoms with Crippen LogP contribution in [0.5, 0.6) is 5.75 Å². The van der Waals surface area contributed by atoms with E-state index in [4.69, 9.17) is 4.74 Å². The third kappa shape index (κ3) is 3.60. The molecular weight excluding hydrogens is 332 g/mol. The highest BCUT2D eigenvalue weighted by atomic mass is 32.2. The van der Waals surface area contributed by atoms with Crippen LogP contribution in [0.1, 0.15) is 31.4 Å². The van der Waals surface area contributed by atoms with Gasteiger partial charge in [0.2, 0.25) is 0 Å². The molecule has 0 radical (unpaired) electrons. The lowest BCUT2D eigenvalue weighted by atomic mass is 9.74. The minimum atomic E-state index is -4.76. The smallest absolute Gasteiger partial charge is 0.418 e. The zero-order valence-corrected chi connectivity index (χ0v) is 14.1. The number of hydrogen-bond donors (Lipinski definition) is 1. The van der Waals surface area contributed by atoms with E-state index in [0.717, 1.165) is 11.8 Å². The molecule has 1 unspecified atom stereocenters. The van der Waals surface area contributed by atoms with Crippen LogP contribution < -0.4 is 4.74 Å². The molecule has 1 N–H and O–H groups in total. The van der Waals surface area contributed by atoms with Crippen LogP contribution in [0.25, 0.3) is 0 Å². The van der Waals surface area contributed by atoms with Gasteiger partial charge in [-0.3, -0.25) is 0 Å². The molecule has 130 valence electrons. The van der Waals surface area contributed by atoms with Crippen molar-refractivity contribution in [3.63, 3.8) is 0 Å². The maximum Gasteiger partial charge on any atom is 0.418 e. The zero-order valence-electron chi connectivity index (χ0n) is 13.3. The Morgan fingerprint density at radius 2 is 1.91 bits per heavy atom. The van der Waals surface area contributed by atoms with Crippen molar-refractivity contribution < 1.29 is 27.4 Å². The first-order chi connectivity index (χ1) is 10.5. The third-order valence-corrected chi connectivity index (χ3v) is 4.89.